The SMILES string of the molecule is CCNC(=NCC(C)N1CCN(CC)CC1)NCCCCSC. The number of piperazine rings is 1. The predicted molar refractivity (Wildman–Crippen MR) is 105 cm³/mol. The van der Waals surface area contributed by atoms with E-state index in [1.807, 2.05) is 11.8 Å². The van der Waals surface area contributed by atoms with Gasteiger partial charge >= 0.3 is 0 Å². The number of nitrogens with zero attached hydrogens (tertiary/aromatic N) is 3. The maximum atomic E-state index is 4.78. The summed E-state index contributed by atoms with van der Waals surface area (Å²) >= 11 is 1.92. The van der Waals surface area contributed by atoms with Crippen LogP contribution in [0.3, 0.4) is 0 Å². The van der Waals surface area contributed by atoms with Crippen molar-refractivity contribution in [2.24, 2.45) is 4.99 Å². The van der Waals surface area contributed by atoms with Gasteiger partial charge in [0.05, 0.1) is 6.54 Å². The molecule has 1 rings (SSSR count). The van der Waals surface area contributed by atoms with Crippen LogP contribution in [0.5, 0.6) is 0 Å². The Morgan fingerprint density at radius 1 is 1.13 bits per heavy atom. The maximum absolute atomic E-state index is 4.78. The molecule has 0 saturated carbocycles. The molecule has 0 spiro atoms. The molecule has 1 atom stereocenters. The molecule has 1 unspecified atom stereocenters. The van der Waals surface area contributed by atoms with Crippen LogP contribution in [0.1, 0.15) is 33.6 Å². The number of rotatable bonds is 10. The minimum atomic E-state index is 0.515. The predicted octanol–water partition coefficient (Wildman–Crippen LogP) is 1.71. The van der Waals surface area contributed by atoms with E-state index < -0.39 is 0 Å². The number of hydrogen-bond donors (Lipinski definition) is 2. The number of unbranched alkanes of at least 4 members (excludes halogenated alkanes) is 1. The van der Waals surface area contributed by atoms with Gasteiger partial charge in [0.1, 0.15) is 0 Å². The van der Waals surface area contributed by atoms with Crippen molar-refractivity contribution in [2.45, 2.75) is 39.7 Å². The monoisotopic (exact) mass is 343 g/mol. The van der Waals surface area contributed by atoms with Gasteiger partial charge in [-0.3, -0.25) is 9.89 Å². The second kappa shape index (κ2) is 12.9. The summed E-state index contributed by atoms with van der Waals surface area (Å²) in [5, 5.41) is 6.81. The normalized spacial score (nSPS) is 18.9. The molecular formula is C17H37N5S. The molecule has 1 aliphatic heterocycles. The lowest BCUT2D eigenvalue weighted by Gasteiger charge is -2.37. The lowest BCUT2D eigenvalue weighted by Crippen LogP contribution is -2.50. The van der Waals surface area contributed by atoms with E-state index in [4.69, 9.17) is 4.99 Å². The van der Waals surface area contributed by atoms with E-state index in [2.05, 4.69) is 47.5 Å². The highest BCUT2D eigenvalue weighted by Gasteiger charge is 2.19. The van der Waals surface area contributed by atoms with Crippen LogP contribution in [-0.4, -0.2) is 86.2 Å². The lowest BCUT2D eigenvalue weighted by molar-refractivity contribution is 0.109. The van der Waals surface area contributed by atoms with E-state index in [0.29, 0.717) is 6.04 Å². The second-order valence-electron chi connectivity index (χ2n) is 6.17. The number of guanidine groups is 1. The smallest absolute Gasteiger partial charge is 0.191 e. The zero-order chi connectivity index (χ0) is 16.9. The van der Waals surface area contributed by atoms with Gasteiger partial charge in [-0.2, -0.15) is 11.8 Å². The van der Waals surface area contributed by atoms with Gasteiger partial charge in [0.25, 0.3) is 0 Å². The number of likely N-dealkylation sites (N-methyl/N-ethyl adjacent to an activating group) is 1. The standard InChI is InChI=1S/C17H37N5S/c1-5-18-17(19-9-7-8-14-23-4)20-15-16(3)22-12-10-21(6-2)11-13-22/h16H,5-15H2,1-4H3,(H2,18,19,20). The molecule has 2 N–H and O–H groups in total. The second-order valence-corrected chi connectivity index (χ2v) is 7.15. The summed E-state index contributed by atoms with van der Waals surface area (Å²) in [7, 11) is 0. The molecule has 23 heavy (non-hydrogen) atoms. The molecular weight excluding hydrogens is 306 g/mol. The molecule has 1 saturated heterocycles. The topological polar surface area (TPSA) is 42.9 Å². The van der Waals surface area contributed by atoms with Gasteiger partial charge in [0, 0.05) is 45.3 Å². The van der Waals surface area contributed by atoms with Crippen molar-refractivity contribution in [3.8, 4) is 0 Å². The van der Waals surface area contributed by atoms with Crippen molar-refractivity contribution >= 4 is 17.7 Å². The lowest BCUT2D eigenvalue weighted by atomic mass is 10.2. The highest BCUT2D eigenvalue weighted by molar-refractivity contribution is 7.98. The first-order chi connectivity index (χ1) is 11.2. The molecule has 0 aliphatic carbocycles. The molecule has 1 fully saturated rings. The van der Waals surface area contributed by atoms with Crippen LogP contribution in [0.2, 0.25) is 0 Å². The van der Waals surface area contributed by atoms with Gasteiger partial charge in [0.15, 0.2) is 5.96 Å². The molecule has 0 aromatic rings. The molecule has 0 aromatic carbocycles. The van der Waals surface area contributed by atoms with Crippen LogP contribution >= 0.6 is 11.8 Å². The highest BCUT2D eigenvalue weighted by Crippen LogP contribution is 2.06. The molecule has 136 valence electrons. The van der Waals surface area contributed by atoms with Crippen molar-refractivity contribution in [1.82, 2.24) is 20.4 Å². The fraction of sp³-hybridized carbons (Fsp3) is 0.941. The van der Waals surface area contributed by atoms with Gasteiger partial charge in [-0.15, -0.1) is 0 Å². The summed E-state index contributed by atoms with van der Waals surface area (Å²) in [6, 6.07) is 0.515. The molecule has 1 aliphatic rings. The Morgan fingerprint density at radius 2 is 1.87 bits per heavy atom. The zero-order valence-electron chi connectivity index (χ0n) is 15.6. The third-order valence-electron chi connectivity index (χ3n) is 4.40. The van der Waals surface area contributed by atoms with Crippen LogP contribution in [0.25, 0.3) is 0 Å². The average molecular weight is 344 g/mol. The van der Waals surface area contributed by atoms with Crippen LogP contribution < -0.4 is 10.6 Å². The van der Waals surface area contributed by atoms with Gasteiger partial charge in [-0.1, -0.05) is 6.92 Å². The third-order valence-corrected chi connectivity index (χ3v) is 5.10. The van der Waals surface area contributed by atoms with Crippen LogP contribution in [0, 0.1) is 0 Å². The van der Waals surface area contributed by atoms with E-state index in [9.17, 15) is 0 Å². The average Bonchev–Trinajstić information content (AvgIpc) is 2.59. The van der Waals surface area contributed by atoms with Crippen molar-refractivity contribution in [3.05, 3.63) is 0 Å². The van der Waals surface area contributed by atoms with Gasteiger partial charge in [0.2, 0.25) is 0 Å². The first kappa shape index (κ1) is 20.6. The molecule has 1 heterocycles. The van der Waals surface area contributed by atoms with E-state index in [-0.39, 0.29) is 0 Å². The Morgan fingerprint density at radius 3 is 2.48 bits per heavy atom. The molecule has 0 amide bonds. The first-order valence-corrected chi connectivity index (χ1v) is 10.6. The minimum Gasteiger partial charge on any atom is -0.357 e. The number of hydrogen-bond acceptors (Lipinski definition) is 4. The third kappa shape index (κ3) is 8.82. The van der Waals surface area contributed by atoms with Gasteiger partial charge < -0.3 is 15.5 Å². The summed E-state index contributed by atoms with van der Waals surface area (Å²) in [5.74, 6) is 2.21. The highest BCUT2D eigenvalue weighted by atomic mass is 32.2. The fourth-order valence-corrected chi connectivity index (χ4v) is 3.27. The van der Waals surface area contributed by atoms with Crippen LogP contribution in [0.15, 0.2) is 4.99 Å². The van der Waals surface area contributed by atoms with E-state index in [1.165, 1.54) is 51.3 Å². The Hall–Kier alpha value is -0.460. The summed E-state index contributed by atoms with van der Waals surface area (Å²) < 4.78 is 0. The van der Waals surface area contributed by atoms with Crippen molar-refractivity contribution in [3.63, 3.8) is 0 Å². The summed E-state index contributed by atoms with van der Waals surface area (Å²) in [4.78, 5) is 9.87. The van der Waals surface area contributed by atoms with Gasteiger partial charge in [-0.25, -0.2) is 0 Å². The summed E-state index contributed by atoms with van der Waals surface area (Å²) in [5.41, 5.74) is 0. The van der Waals surface area contributed by atoms with Crippen molar-refractivity contribution in [1.29, 1.82) is 0 Å². The Labute approximate surface area is 147 Å². The summed E-state index contributed by atoms with van der Waals surface area (Å²) in [6.45, 7) is 15.4. The number of aliphatic imine (C=N–C) groups is 1. The summed E-state index contributed by atoms with van der Waals surface area (Å²) in [6.07, 6.45) is 4.64. The van der Waals surface area contributed by atoms with Crippen LogP contribution in [-0.2, 0) is 0 Å². The Kier molecular flexibility index (Phi) is 11.5. The molecule has 5 nitrogen and oxygen atoms in total. The number of nitrogens with one attached hydrogen (secondary N) is 2. The fourth-order valence-electron chi connectivity index (χ4n) is 2.78. The van der Waals surface area contributed by atoms with E-state index >= 15 is 0 Å². The first-order valence-electron chi connectivity index (χ1n) is 9.18. The van der Waals surface area contributed by atoms with Crippen LogP contribution in [0.4, 0.5) is 0 Å². The van der Waals surface area contributed by atoms with Crippen molar-refractivity contribution in [2.75, 3.05) is 64.4 Å². The zero-order valence-corrected chi connectivity index (χ0v) is 16.4. The molecule has 0 aromatic heterocycles. The minimum absolute atomic E-state index is 0.515. The van der Waals surface area contributed by atoms with E-state index in [0.717, 1.165) is 25.6 Å². The van der Waals surface area contributed by atoms with Crippen molar-refractivity contribution < 1.29 is 0 Å². The largest absolute Gasteiger partial charge is 0.357 e. The van der Waals surface area contributed by atoms with Gasteiger partial charge in [-0.05, 0) is 45.2 Å². The number of thioether (sulfide) groups is 1. The maximum Gasteiger partial charge on any atom is 0.191 e. The molecule has 0 radical (unpaired) electrons. The Balaban J connectivity index is 2.31. The molecule has 0 bridgehead atoms. The Bertz CT molecular complexity index is 316. The van der Waals surface area contributed by atoms with E-state index in [1.54, 1.807) is 0 Å². The molecule has 6 heteroatoms. The quantitative estimate of drug-likeness (QED) is 0.359.